The average molecular weight is 472 g/mol. The van der Waals surface area contributed by atoms with Crippen molar-refractivity contribution in [3.63, 3.8) is 0 Å². The van der Waals surface area contributed by atoms with Crippen LogP contribution in [-0.2, 0) is 23.7 Å². The van der Waals surface area contributed by atoms with E-state index in [1.165, 1.54) is 13.8 Å². The summed E-state index contributed by atoms with van der Waals surface area (Å²) in [6, 6.07) is 0. The standard InChI is InChI=1S/C18H32O14/c1-4-7(20)15(13(26)16(27)28-4)32-17-12(25)10(23)14(5(2)29-17)31-18-11(24)9(22)8(21)6(3-19)30-18/h4-27H,3H2,1-2H3/t4-,5-,6+,7-,8+,9-,10-,11+,12+,13+,14-,15+,16?,17-,18-/m0/s1. The zero-order valence-corrected chi connectivity index (χ0v) is 17.4. The van der Waals surface area contributed by atoms with Crippen LogP contribution in [0.15, 0.2) is 0 Å². The third-order valence-corrected chi connectivity index (χ3v) is 6.01. The fourth-order valence-corrected chi connectivity index (χ4v) is 3.97. The van der Waals surface area contributed by atoms with Crippen LogP contribution in [-0.4, -0.2) is 145 Å². The fraction of sp³-hybridized carbons (Fsp3) is 1.00. The molecular formula is C18H32O14. The Kier molecular flexibility index (Phi) is 8.44. The molecule has 15 atom stereocenters. The molecule has 0 spiro atoms. The minimum absolute atomic E-state index is 0.678. The van der Waals surface area contributed by atoms with Gasteiger partial charge >= 0.3 is 0 Å². The van der Waals surface area contributed by atoms with Crippen LogP contribution in [0.3, 0.4) is 0 Å². The van der Waals surface area contributed by atoms with Gasteiger partial charge in [0.05, 0.1) is 18.8 Å². The van der Waals surface area contributed by atoms with Gasteiger partial charge in [0.1, 0.15) is 61.0 Å². The summed E-state index contributed by atoms with van der Waals surface area (Å²) in [5.41, 5.74) is 0. The third-order valence-electron chi connectivity index (χ3n) is 6.01. The molecule has 0 aromatic carbocycles. The zero-order valence-electron chi connectivity index (χ0n) is 17.4. The predicted octanol–water partition coefficient (Wildman–Crippen LogP) is -5.52. The summed E-state index contributed by atoms with van der Waals surface area (Å²) in [6.45, 7) is 2.20. The first-order valence-corrected chi connectivity index (χ1v) is 10.3. The van der Waals surface area contributed by atoms with Gasteiger partial charge in [0.15, 0.2) is 18.9 Å². The van der Waals surface area contributed by atoms with Crippen LogP contribution in [0.1, 0.15) is 13.8 Å². The Bertz CT molecular complexity index is 594. The lowest BCUT2D eigenvalue weighted by Gasteiger charge is -2.47. The van der Waals surface area contributed by atoms with E-state index < -0.39 is 98.7 Å². The van der Waals surface area contributed by atoms with E-state index in [2.05, 4.69) is 0 Å². The molecule has 3 aliphatic rings. The van der Waals surface area contributed by atoms with Crippen molar-refractivity contribution in [3.8, 4) is 0 Å². The van der Waals surface area contributed by atoms with Gasteiger partial charge < -0.3 is 69.6 Å². The van der Waals surface area contributed by atoms with Crippen LogP contribution >= 0.6 is 0 Å². The molecule has 0 aliphatic carbocycles. The highest BCUT2D eigenvalue weighted by atomic mass is 16.7. The van der Waals surface area contributed by atoms with Crippen molar-refractivity contribution in [1.82, 2.24) is 0 Å². The summed E-state index contributed by atoms with van der Waals surface area (Å²) in [6.07, 6.45) is -22.1. The van der Waals surface area contributed by atoms with Crippen LogP contribution in [0.4, 0.5) is 0 Å². The van der Waals surface area contributed by atoms with Gasteiger partial charge in [-0.1, -0.05) is 0 Å². The fourth-order valence-electron chi connectivity index (χ4n) is 3.97. The van der Waals surface area contributed by atoms with Crippen molar-refractivity contribution in [2.24, 2.45) is 0 Å². The van der Waals surface area contributed by atoms with Crippen LogP contribution < -0.4 is 0 Å². The number of hydrogen-bond acceptors (Lipinski definition) is 14. The van der Waals surface area contributed by atoms with Crippen molar-refractivity contribution in [1.29, 1.82) is 0 Å². The van der Waals surface area contributed by atoms with Gasteiger partial charge in [-0.25, -0.2) is 0 Å². The average Bonchev–Trinajstić information content (AvgIpc) is 2.75. The highest BCUT2D eigenvalue weighted by Gasteiger charge is 2.52. The molecule has 0 aromatic heterocycles. The normalized spacial score (nSPS) is 55.0. The van der Waals surface area contributed by atoms with Gasteiger partial charge in [0, 0.05) is 0 Å². The van der Waals surface area contributed by atoms with Crippen LogP contribution in [0.25, 0.3) is 0 Å². The Morgan fingerprint density at radius 2 is 1.12 bits per heavy atom. The second-order valence-corrected chi connectivity index (χ2v) is 8.30. The van der Waals surface area contributed by atoms with E-state index in [9.17, 15) is 46.0 Å². The lowest BCUT2D eigenvalue weighted by atomic mass is 9.96. The highest BCUT2D eigenvalue weighted by Crippen LogP contribution is 2.31. The summed E-state index contributed by atoms with van der Waals surface area (Å²) >= 11 is 0. The smallest absolute Gasteiger partial charge is 0.187 e. The van der Waals surface area contributed by atoms with E-state index in [0.29, 0.717) is 0 Å². The van der Waals surface area contributed by atoms with Crippen molar-refractivity contribution < 1.29 is 69.6 Å². The zero-order chi connectivity index (χ0) is 23.9. The minimum atomic E-state index is -1.75. The van der Waals surface area contributed by atoms with Crippen LogP contribution in [0.2, 0.25) is 0 Å². The van der Waals surface area contributed by atoms with E-state index >= 15 is 0 Å². The molecule has 3 saturated heterocycles. The second kappa shape index (κ2) is 10.4. The molecule has 0 bridgehead atoms. The van der Waals surface area contributed by atoms with Gasteiger partial charge in [0.25, 0.3) is 0 Å². The molecular weight excluding hydrogens is 440 g/mol. The molecule has 0 amide bonds. The largest absolute Gasteiger partial charge is 0.394 e. The molecule has 3 aliphatic heterocycles. The molecule has 14 heteroatoms. The molecule has 32 heavy (non-hydrogen) atoms. The van der Waals surface area contributed by atoms with Gasteiger partial charge in [-0.2, -0.15) is 0 Å². The number of aliphatic hydroxyl groups excluding tert-OH is 9. The molecule has 3 heterocycles. The number of hydrogen-bond donors (Lipinski definition) is 9. The monoisotopic (exact) mass is 472 g/mol. The molecule has 0 aromatic rings. The Morgan fingerprint density at radius 3 is 1.75 bits per heavy atom. The first kappa shape index (κ1) is 26.1. The van der Waals surface area contributed by atoms with Crippen molar-refractivity contribution >= 4 is 0 Å². The maximum absolute atomic E-state index is 10.6. The summed E-state index contributed by atoms with van der Waals surface area (Å²) < 4.78 is 26.7. The van der Waals surface area contributed by atoms with Crippen molar-refractivity contribution in [2.45, 2.75) is 106 Å². The molecule has 188 valence electrons. The minimum Gasteiger partial charge on any atom is -0.394 e. The molecule has 3 fully saturated rings. The summed E-state index contributed by atoms with van der Waals surface area (Å²) in [7, 11) is 0. The predicted molar refractivity (Wildman–Crippen MR) is 98.4 cm³/mol. The number of rotatable bonds is 5. The quantitative estimate of drug-likeness (QED) is 0.182. The van der Waals surface area contributed by atoms with Gasteiger partial charge in [0.2, 0.25) is 0 Å². The summed E-state index contributed by atoms with van der Waals surface area (Å²) in [5, 5.41) is 90.2. The number of ether oxygens (including phenoxy) is 5. The SMILES string of the molecule is C[C@@H]1OC(O)[C@H](O)[C@H](O[C@@H]2O[C@@H](C)[C@H](O[C@@H]3O[C@H](CO)[C@@H](O)[C@H](O)[C@H]3O)[C@@H](O)[C@H]2O)[C@H]1O. The molecule has 14 nitrogen and oxygen atoms in total. The Labute approximate surface area is 183 Å². The van der Waals surface area contributed by atoms with Crippen molar-refractivity contribution in [3.05, 3.63) is 0 Å². The van der Waals surface area contributed by atoms with Crippen LogP contribution in [0, 0.1) is 0 Å². The first-order chi connectivity index (χ1) is 15.0. The lowest BCUT2D eigenvalue weighted by Crippen LogP contribution is -2.65. The Hall–Kier alpha value is -0.560. The maximum atomic E-state index is 10.6. The highest BCUT2D eigenvalue weighted by molar-refractivity contribution is 4.95. The van der Waals surface area contributed by atoms with Gasteiger partial charge in [-0.3, -0.25) is 0 Å². The van der Waals surface area contributed by atoms with E-state index in [-0.39, 0.29) is 0 Å². The van der Waals surface area contributed by atoms with Gasteiger partial charge in [-0.15, -0.1) is 0 Å². The van der Waals surface area contributed by atoms with E-state index in [4.69, 9.17) is 23.7 Å². The maximum Gasteiger partial charge on any atom is 0.187 e. The molecule has 3 rings (SSSR count). The van der Waals surface area contributed by atoms with Gasteiger partial charge in [-0.05, 0) is 13.8 Å². The first-order valence-electron chi connectivity index (χ1n) is 10.3. The summed E-state index contributed by atoms with van der Waals surface area (Å²) in [4.78, 5) is 0. The molecule has 9 N–H and O–H groups in total. The topological polar surface area (TPSA) is 228 Å². The Balaban J connectivity index is 1.67. The van der Waals surface area contributed by atoms with Crippen LogP contribution in [0.5, 0.6) is 0 Å². The van der Waals surface area contributed by atoms with E-state index in [1.807, 2.05) is 0 Å². The lowest BCUT2D eigenvalue weighted by molar-refractivity contribution is -0.373. The van der Waals surface area contributed by atoms with E-state index in [1.54, 1.807) is 0 Å². The Morgan fingerprint density at radius 1 is 0.562 bits per heavy atom. The molecule has 0 radical (unpaired) electrons. The van der Waals surface area contributed by atoms with E-state index in [0.717, 1.165) is 0 Å². The molecule has 0 saturated carbocycles. The third kappa shape index (κ3) is 4.94. The number of aliphatic hydroxyl groups is 9. The molecule has 1 unspecified atom stereocenters. The summed E-state index contributed by atoms with van der Waals surface area (Å²) in [5.74, 6) is 0. The second-order valence-electron chi connectivity index (χ2n) is 8.30. The van der Waals surface area contributed by atoms with Crippen molar-refractivity contribution in [2.75, 3.05) is 6.61 Å².